The maximum absolute atomic E-state index is 12.2. The van der Waals surface area contributed by atoms with Crippen LogP contribution in [-0.4, -0.2) is 138 Å². The number of rotatable bonds is 10. The second-order valence-corrected chi connectivity index (χ2v) is 20.1. The molecule has 13 nitrogen and oxygen atoms in total. The van der Waals surface area contributed by atoms with Crippen LogP contribution in [-0.2, 0) is 18.9 Å². The van der Waals surface area contributed by atoms with Crippen molar-refractivity contribution >= 4 is 0 Å². The van der Waals surface area contributed by atoms with E-state index in [0.717, 1.165) is 38.5 Å². The first-order valence-corrected chi connectivity index (χ1v) is 20.9. The van der Waals surface area contributed by atoms with Gasteiger partial charge in [0.2, 0.25) is 0 Å². The number of allylic oxidation sites excluding steroid dienone is 2. The van der Waals surface area contributed by atoms with Crippen molar-refractivity contribution in [3.63, 3.8) is 0 Å². The van der Waals surface area contributed by atoms with E-state index >= 15 is 0 Å². The smallest absolute Gasteiger partial charge is 0.187 e. The van der Waals surface area contributed by atoms with Crippen LogP contribution in [0.15, 0.2) is 11.6 Å². The second-order valence-electron chi connectivity index (χ2n) is 20.1. The lowest BCUT2D eigenvalue weighted by Gasteiger charge is -2.70. The van der Waals surface area contributed by atoms with Crippen LogP contribution in [0.4, 0.5) is 0 Å². The lowest BCUT2D eigenvalue weighted by Crippen LogP contribution is -2.68. The van der Waals surface area contributed by atoms with Gasteiger partial charge in [-0.05, 0) is 124 Å². The zero-order chi connectivity index (χ0) is 40.6. The zero-order valence-corrected chi connectivity index (χ0v) is 34.3. The molecule has 13 heteroatoms. The molecule has 0 bridgehead atoms. The molecule has 0 aromatic heterocycles. The Balaban J connectivity index is 1.23. The molecule has 2 aliphatic heterocycles. The van der Waals surface area contributed by atoms with Crippen LogP contribution in [0.3, 0.4) is 0 Å². The number of hydrogen-bond donors (Lipinski definition) is 9. The largest absolute Gasteiger partial charge is 0.394 e. The topological polar surface area (TPSA) is 219 Å². The highest BCUT2D eigenvalue weighted by atomic mass is 16.8. The van der Waals surface area contributed by atoms with Crippen LogP contribution < -0.4 is 0 Å². The molecule has 2 heterocycles. The summed E-state index contributed by atoms with van der Waals surface area (Å²) in [4.78, 5) is 0. The number of ether oxygens (including phenoxy) is 4. The SMILES string of the molecule is CC(C)=CCC[C@](C)(O)C1CC[C@]2(C)C1[C@H](O)CC1[C@@]3(C)CC[C@H](O[C@@H]4OC(CO)[C@@H](O)[C@@H](O)C4O[C@@H]4OC(CO)[C@@H](O)[C@@H](O)C4O)C(C)(C)C3CC[C@]12C. The predicted molar refractivity (Wildman–Crippen MR) is 201 cm³/mol. The van der Waals surface area contributed by atoms with Gasteiger partial charge in [-0.25, -0.2) is 0 Å². The van der Waals surface area contributed by atoms with Crippen molar-refractivity contribution in [1.29, 1.82) is 0 Å². The highest BCUT2D eigenvalue weighted by Crippen LogP contribution is 2.76. The third-order valence-corrected chi connectivity index (χ3v) is 16.6. The van der Waals surface area contributed by atoms with Crippen LogP contribution >= 0.6 is 0 Å². The molecule has 2 saturated heterocycles. The van der Waals surface area contributed by atoms with Gasteiger partial charge in [0.25, 0.3) is 0 Å². The fourth-order valence-electron chi connectivity index (χ4n) is 13.3. The monoisotopic (exact) mass is 784 g/mol. The Morgan fingerprint density at radius 1 is 0.727 bits per heavy atom. The maximum atomic E-state index is 12.2. The minimum absolute atomic E-state index is 0.00798. The average molecular weight is 785 g/mol. The van der Waals surface area contributed by atoms with Gasteiger partial charge >= 0.3 is 0 Å². The molecule has 318 valence electrons. The molecule has 0 aromatic rings. The Kier molecular flexibility index (Phi) is 12.5. The van der Waals surface area contributed by atoms with Gasteiger partial charge in [0.15, 0.2) is 12.6 Å². The highest BCUT2D eigenvalue weighted by Gasteiger charge is 2.71. The van der Waals surface area contributed by atoms with Crippen LogP contribution in [0.25, 0.3) is 0 Å². The van der Waals surface area contributed by atoms with Crippen LogP contribution in [0.5, 0.6) is 0 Å². The summed E-state index contributed by atoms with van der Waals surface area (Å²) in [7, 11) is 0. The van der Waals surface area contributed by atoms with E-state index in [4.69, 9.17) is 18.9 Å². The first-order valence-electron chi connectivity index (χ1n) is 20.9. The van der Waals surface area contributed by atoms with Crippen molar-refractivity contribution < 1.29 is 64.9 Å². The molecular formula is C42H72O13. The molecule has 6 aliphatic rings. The van der Waals surface area contributed by atoms with Gasteiger partial charge in [0.1, 0.15) is 48.8 Å². The lowest BCUT2D eigenvalue weighted by molar-refractivity contribution is -0.378. The summed E-state index contributed by atoms with van der Waals surface area (Å²) in [5.41, 5.74) is -0.405. The summed E-state index contributed by atoms with van der Waals surface area (Å²) in [6.07, 6.45) is -6.48. The minimum Gasteiger partial charge on any atom is -0.394 e. The summed E-state index contributed by atoms with van der Waals surface area (Å²) in [6.45, 7) is 16.5. The predicted octanol–water partition coefficient (Wildman–Crippen LogP) is 2.15. The van der Waals surface area contributed by atoms with Crippen LogP contribution in [0, 0.1) is 45.3 Å². The van der Waals surface area contributed by atoms with Crippen molar-refractivity contribution in [2.24, 2.45) is 45.3 Å². The minimum atomic E-state index is -1.75. The summed E-state index contributed by atoms with van der Waals surface area (Å²) in [6, 6.07) is 0. The fourth-order valence-corrected chi connectivity index (χ4v) is 13.3. The van der Waals surface area contributed by atoms with E-state index < -0.39 is 97.8 Å². The number of aliphatic hydroxyl groups is 9. The molecule has 0 spiro atoms. The van der Waals surface area contributed by atoms with Crippen LogP contribution in [0.1, 0.15) is 113 Å². The van der Waals surface area contributed by atoms with Crippen LogP contribution in [0.2, 0.25) is 0 Å². The summed E-state index contributed by atoms with van der Waals surface area (Å²) in [5, 5.41) is 97.4. The summed E-state index contributed by atoms with van der Waals surface area (Å²) >= 11 is 0. The Morgan fingerprint density at radius 3 is 1.95 bits per heavy atom. The number of aliphatic hydroxyl groups excluding tert-OH is 8. The fraction of sp³-hybridized carbons (Fsp3) is 0.952. The molecular weight excluding hydrogens is 712 g/mol. The van der Waals surface area contributed by atoms with Gasteiger partial charge in [-0.2, -0.15) is 0 Å². The van der Waals surface area contributed by atoms with Gasteiger partial charge < -0.3 is 64.9 Å². The van der Waals surface area contributed by atoms with Crippen molar-refractivity contribution in [2.45, 2.75) is 192 Å². The lowest BCUT2D eigenvalue weighted by atomic mass is 9.35. The molecule has 9 N–H and O–H groups in total. The molecule has 20 atom stereocenters. The first-order chi connectivity index (χ1) is 25.6. The van der Waals surface area contributed by atoms with Gasteiger partial charge in [0.05, 0.1) is 31.0 Å². The van der Waals surface area contributed by atoms with Gasteiger partial charge in [-0.1, -0.05) is 46.3 Å². The normalized spacial score (nSPS) is 52.0. The number of fused-ring (bicyclic) bond motifs is 5. The van der Waals surface area contributed by atoms with Gasteiger partial charge in [-0.15, -0.1) is 0 Å². The van der Waals surface area contributed by atoms with E-state index in [1.54, 1.807) is 0 Å². The maximum Gasteiger partial charge on any atom is 0.187 e. The molecule has 8 unspecified atom stereocenters. The quantitative estimate of drug-likeness (QED) is 0.115. The van der Waals surface area contributed by atoms with Gasteiger partial charge in [0, 0.05) is 0 Å². The third-order valence-electron chi connectivity index (χ3n) is 16.6. The van der Waals surface area contributed by atoms with Crippen molar-refractivity contribution in [2.75, 3.05) is 13.2 Å². The Bertz CT molecular complexity index is 1370. The van der Waals surface area contributed by atoms with E-state index in [2.05, 4.69) is 54.5 Å². The molecule has 0 amide bonds. The molecule has 4 aliphatic carbocycles. The van der Waals surface area contributed by atoms with Gasteiger partial charge in [-0.3, -0.25) is 0 Å². The molecule has 6 fully saturated rings. The van der Waals surface area contributed by atoms with E-state index in [9.17, 15) is 46.0 Å². The Hall–Kier alpha value is -0.780. The van der Waals surface area contributed by atoms with E-state index in [0.29, 0.717) is 19.3 Å². The molecule has 0 radical (unpaired) electrons. The summed E-state index contributed by atoms with van der Waals surface area (Å²) in [5.74, 6) is 0.445. The Morgan fingerprint density at radius 2 is 1.33 bits per heavy atom. The van der Waals surface area contributed by atoms with Crippen molar-refractivity contribution in [3.8, 4) is 0 Å². The molecule has 4 saturated carbocycles. The highest BCUT2D eigenvalue weighted by molar-refractivity contribution is 5.20. The molecule has 0 aromatic carbocycles. The Labute approximate surface area is 327 Å². The van der Waals surface area contributed by atoms with E-state index in [1.165, 1.54) is 5.57 Å². The van der Waals surface area contributed by atoms with E-state index in [-0.39, 0.29) is 39.9 Å². The average Bonchev–Trinajstić information content (AvgIpc) is 3.50. The van der Waals surface area contributed by atoms with Crippen molar-refractivity contribution in [3.05, 3.63) is 11.6 Å². The standard InChI is InChI=1S/C42H72O13/c1-21(2)10-9-14-42(8,51)22-11-16-41(7)29(22)23(45)18-27-39(5)15-13-28(38(3,4)26(39)12-17-40(27,41)6)54-37-35(33(49)31(47)25(20-44)53-37)55-36-34(50)32(48)30(46)24(19-43)52-36/h10,22-37,43-51H,9,11-20H2,1-8H3/t22?,23-,24?,25?,26?,27?,28+,29?,30-,31-,32-,33-,34?,35?,36+,37+,39+,40-,41-,42+/m1/s1. The molecule has 55 heavy (non-hydrogen) atoms. The third kappa shape index (κ3) is 7.20. The second kappa shape index (κ2) is 15.7. The zero-order valence-electron chi connectivity index (χ0n) is 34.3. The van der Waals surface area contributed by atoms with Crippen molar-refractivity contribution in [1.82, 2.24) is 0 Å². The number of hydrogen-bond acceptors (Lipinski definition) is 13. The molecule has 6 rings (SSSR count). The first kappa shape index (κ1) is 43.8. The summed E-state index contributed by atoms with van der Waals surface area (Å²) < 4.78 is 24.4. The van der Waals surface area contributed by atoms with E-state index in [1.807, 2.05) is 6.92 Å².